The molecule has 0 saturated heterocycles. The number of nitrogens with zero attached hydrogens (tertiary/aromatic N) is 3. The zero-order valence-corrected chi connectivity index (χ0v) is 18.3. The molecular formula is C24H29N3O2S. The SMILES string of the molecule is CCN(C1CCCCC1)S(=O)(=O)c1cn(Cc2ccccc2)nc1-c1ccccc1. The normalized spacial score (nSPS) is 15.5. The van der Waals surface area contributed by atoms with E-state index in [0.29, 0.717) is 23.7 Å². The summed E-state index contributed by atoms with van der Waals surface area (Å²) in [6, 6.07) is 19.7. The summed E-state index contributed by atoms with van der Waals surface area (Å²) in [4.78, 5) is 0.303. The van der Waals surface area contributed by atoms with E-state index in [1.165, 1.54) is 6.42 Å². The fourth-order valence-corrected chi connectivity index (χ4v) is 6.21. The Labute approximate surface area is 179 Å². The Hall–Kier alpha value is -2.44. The minimum absolute atomic E-state index is 0.0786. The molecule has 0 atom stereocenters. The van der Waals surface area contributed by atoms with E-state index >= 15 is 0 Å². The predicted octanol–water partition coefficient (Wildman–Crippen LogP) is 4.94. The van der Waals surface area contributed by atoms with Crippen molar-refractivity contribution >= 4 is 10.0 Å². The second-order valence-corrected chi connectivity index (χ2v) is 9.75. The van der Waals surface area contributed by atoms with Crippen molar-refractivity contribution in [2.24, 2.45) is 0 Å². The lowest BCUT2D eigenvalue weighted by Gasteiger charge is -2.32. The maximum atomic E-state index is 13.8. The highest BCUT2D eigenvalue weighted by Crippen LogP contribution is 2.32. The summed E-state index contributed by atoms with van der Waals surface area (Å²) < 4.78 is 31.0. The summed E-state index contributed by atoms with van der Waals surface area (Å²) in [6.45, 7) is 2.94. The maximum Gasteiger partial charge on any atom is 0.247 e. The monoisotopic (exact) mass is 423 g/mol. The summed E-state index contributed by atoms with van der Waals surface area (Å²) in [5.74, 6) is 0. The third-order valence-electron chi connectivity index (χ3n) is 5.84. The molecule has 4 rings (SSSR count). The Balaban J connectivity index is 1.76. The molecule has 1 saturated carbocycles. The van der Waals surface area contributed by atoms with Crippen LogP contribution in [0.2, 0.25) is 0 Å². The van der Waals surface area contributed by atoms with Crippen LogP contribution in [0.5, 0.6) is 0 Å². The van der Waals surface area contributed by atoms with Crippen LogP contribution in [0.15, 0.2) is 71.8 Å². The molecule has 0 spiro atoms. The van der Waals surface area contributed by atoms with Crippen LogP contribution in [0.25, 0.3) is 11.3 Å². The van der Waals surface area contributed by atoms with Crippen LogP contribution in [-0.2, 0) is 16.6 Å². The predicted molar refractivity (Wildman–Crippen MR) is 120 cm³/mol. The molecule has 0 unspecified atom stereocenters. The van der Waals surface area contributed by atoms with Gasteiger partial charge in [0.15, 0.2) is 0 Å². The topological polar surface area (TPSA) is 55.2 Å². The van der Waals surface area contributed by atoms with E-state index in [2.05, 4.69) is 0 Å². The summed E-state index contributed by atoms with van der Waals surface area (Å²) in [6.07, 6.45) is 6.96. The molecule has 0 radical (unpaired) electrons. The van der Waals surface area contributed by atoms with Crippen LogP contribution in [0.1, 0.15) is 44.6 Å². The number of benzene rings is 2. The molecule has 2 aromatic carbocycles. The zero-order valence-electron chi connectivity index (χ0n) is 17.4. The highest BCUT2D eigenvalue weighted by molar-refractivity contribution is 7.89. The van der Waals surface area contributed by atoms with E-state index in [-0.39, 0.29) is 6.04 Å². The average Bonchev–Trinajstić information content (AvgIpc) is 3.21. The average molecular weight is 424 g/mol. The molecule has 1 aromatic heterocycles. The Morgan fingerprint density at radius 1 is 0.967 bits per heavy atom. The first-order valence-corrected chi connectivity index (χ1v) is 12.2. The van der Waals surface area contributed by atoms with E-state index in [0.717, 1.165) is 36.8 Å². The van der Waals surface area contributed by atoms with Gasteiger partial charge in [-0.25, -0.2) is 8.42 Å². The van der Waals surface area contributed by atoms with Crippen molar-refractivity contribution in [2.45, 2.75) is 56.5 Å². The molecule has 0 amide bonds. The summed E-state index contributed by atoms with van der Waals surface area (Å²) >= 11 is 0. The van der Waals surface area contributed by atoms with Crippen molar-refractivity contribution in [1.29, 1.82) is 0 Å². The first kappa shape index (κ1) is 20.8. The van der Waals surface area contributed by atoms with Gasteiger partial charge in [0.2, 0.25) is 10.0 Å². The third kappa shape index (κ3) is 4.35. The minimum Gasteiger partial charge on any atom is -0.266 e. The van der Waals surface area contributed by atoms with Crippen molar-refractivity contribution in [2.75, 3.05) is 6.54 Å². The number of hydrogen-bond acceptors (Lipinski definition) is 3. The molecule has 0 N–H and O–H groups in total. The number of aromatic nitrogens is 2. The molecule has 1 aliphatic carbocycles. The Morgan fingerprint density at radius 3 is 2.23 bits per heavy atom. The van der Waals surface area contributed by atoms with Crippen molar-refractivity contribution in [3.05, 3.63) is 72.4 Å². The lowest BCUT2D eigenvalue weighted by atomic mass is 9.95. The van der Waals surface area contributed by atoms with Gasteiger partial charge in [-0.3, -0.25) is 4.68 Å². The lowest BCUT2D eigenvalue weighted by Crippen LogP contribution is -2.41. The van der Waals surface area contributed by atoms with Gasteiger partial charge in [-0.2, -0.15) is 9.40 Å². The molecule has 5 nitrogen and oxygen atoms in total. The van der Waals surface area contributed by atoms with Crippen LogP contribution in [0, 0.1) is 0 Å². The van der Waals surface area contributed by atoms with Gasteiger partial charge in [0.05, 0.1) is 6.54 Å². The largest absolute Gasteiger partial charge is 0.266 e. The number of rotatable bonds is 7. The van der Waals surface area contributed by atoms with E-state index in [4.69, 9.17) is 5.10 Å². The molecule has 6 heteroatoms. The first-order valence-electron chi connectivity index (χ1n) is 10.8. The lowest BCUT2D eigenvalue weighted by molar-refractivity contribution is 0.261. The first-order chi connectivity index (χ1) is 14.6. The molecule has 0 bridgehead atoms. The highest BCUT2D eigenvalue weighted by atomic mass is 32.2. The van der Waals surface area contributed by atoms with E-state index < -0.39 is 10.0 Å². The van der Waals surface area contributed by atoms with Crippen LogP contribution in [0.4, 0.5) is 0 Å². The van der Waals surface area contributed by atoms with Gasteiger partial charge < -0.3 is 0 Å². The second-order valence-electron chi connectivity index (χ2n) is 7.89. The molecule has 0 aliphatic heterocycles. The fourth-order valence-electron chi connectivity index (χ4n) is 4.36. The van der Waals surface area contributed by atoms with Crippen LogP contribution in [-0.4, -0.2) is 35.1 Å². The molecule has 1 aliphatic rings. The minimum atomic E-state index is -3.65. The number of sulfonamides is 1. The van der Waals surface area contributed by atoms with Crippen molar-refractivity contribution < 1.29 is 8.42 Å². The summed E-state index contributed by atoms with van der Waals surface area (Å²) in [7, 11) is -3.65. The van der Waals surface area contributed by atoms with E-state index in [9.17, 15) is 8.42 Å². The Kier molecular flexibility index (Phi) is 6.35. The zero-order chi connectivity index (χ0) is 21.0. The van der Waals surface area contributed by atoms with Crippen molar-refractivity contribution in [1.82, 2.24) is 14.1 Å². The van der Waals surface area contributed by atoms with Crippen molar-refractivity contribution in [3.8, 4) is 11.3 Å². The van der Waals surface area contributed by atoms with E-state index in [1.807, 2.05) is 67.6 Å². The van der Waals surface area contributed by atoms with E-state index in [1.54, 1.807) is 15.2 Å². The van der Waals surface area contributed by atoms with Gasteiger partial charge in [0, 0.05) is 24.3 Å². The molecule has 3 aromatic rings. The number of hydrogen-bond donors (Lipinski definition) is 0. The maximum absolute atomic E-state index is 13.8. The summed E-state index contributed by atoms with van der Waals surface area (Å²) in [5.41, 5.74) is 2.44. The Morgan fingerprint density at radius 2 is 1.60 bits per heavy atom. The van der Waals surface area contributed by atoms with Gasteiger partial charge in [0.1, 0.15) is 10.6 Å². The van der Waals surface area contributed by atoms with Gasteiger partial charge in [0.25, 0.3) is 0 Å². The second kappa shape index (κ2) is 9.14. The smallest absolute Gasteiger partial charge is 0.247 e. The van der Waals surface area contributed by atoms with Crippen molar-refractivity contribution in [3.63, 3.8) is 0 Å². The standard InChI is InChI=1S/C24H29N3O2S/c1-2-27(22-16-10-5-11-17-22)30(28,29)23-19-26(18-20-12-6-3-7-13-20)25-24(23)21-14-8-4-9-15-21/h3-4,6-9,12-15,19,22H,2,5,10-11,16-18H2,1H3. The third-order valence-corrected chi connectivity index (χ3v) is 7.87. The summed E-state index contributed by atoms with van der Waals surface area (Å²) in [5, 5.41) is 4.71. The quantitative estimate of drug-likeness (QED) is 0.541. The van der Waals surface area contributed by atoms with Gasteiger partial charge >= 0.3 is 0 Å². The molecule has 158 valence electrons. The van der Waals surface area contributed by atoms with Crippen LogP contribution in [0.3, 0.4) is 0 Å². The Bertz CT molecular complexity index is 1060. The molecule has 1 heterocycles. The van der Waals surface area contributed by atoms with Crippen LogP contribution < -0.4 is 0 Å². The molecular weight excluding hydrogens is 394 g/mol. The van der Waals surface area contributed by atoms with Gasteiger partial charge in [-0.1, -0.05) is 86.8 Å². The molecule has 30 heavy (non-hydrogen) atoms. The van der Waals surface area contributed by atoms with Crippen LogP contribution >= 0.6 is 0 Å². The molecule has 1 fully saturated rings. The highest BCUT2D eigenvalue weighted by Gasteiger charge is 2.34. The van der Waals surface area contributed by atoms with Gasteiger partial charge in [-0.05, 0) is 18.4 Å². The van der Waals surface area contributed by atoms with Gasteiger partial charge in [-0.15, -0.1) is 0 Å². The fraction of sp³-hybridized carbons (Fsp3) is 0.375.